The number of aryl methyl sites for hydroxylation is 2. The molecule has 220 valence electrons. The van der Waals surface area contributed by atoms with E-state index in [2.05, 4.69) is 15.3 Å². The Morgan fingerprint density at radius 3 is 2.46 bits per heavy atom. The molecule has 11 heteroatoms. The summed E-state index contributed by atoms with van der Waals surface area (Å²) in [6.45, 7) is 4.49. The Balaban J connectivity index is 1.30. The van der Waals surface area contributed by atoms with Gasteiger partial charge in [0, 0.05) is 61.8 Å². The van der Waals surface area contributed by atoms with Gasteiger partial charge in [-0.3, -0.25) is 14.4 Å². The van der Waals surface area contributed by atoms with Crippen molar-refractivity contribution in [3.05, 3.63) is 65.5 Å². The maximum absolute atomic E-state index is 13.5. The van der Waals surface area contributed by atoms with Crippen LogP contribution in [0.4, 0.5) is 18.9 Å². The highest BCUT2D eigenvalue weighted by molar-refractivity contribution is 5.97. The zero-order chi connectivity index (χ0) is 29.5. The van der Waals surface area contributed by atoms with Crippen LogP contribution in [0.5, 0.6) is 5.75 Å². The van der Waals surface area contributed by atoms with Crippen molar-refractivity contribution in [3.8, 4) is 16.9 Å². The number of aromatic nitrogens is 2. The van der Waals surface area contributed by atoms with Crippen molar-refractivity contribution in [1.29, 1.82) is 0 Å². The van der Waals surface area contributed by atoms with Crippen molar-refractivity contribution in [2.75, 3.05) is 31.6 Å². The number of hydrogen-bond acceptors (Lipinski definition) is 6. The predicted octanol–water partition coefficient (Wildman–Crippen LogP) is 4.47. The number of fused-ring (bicyclic) bond motifs is 2. The Morgan fingerprint density at radius 1 is 1.15 bits per heavy atom. The van der Waals surface area contributed by atoms with Crippen LogP contribution in [-0.4, -0.2) is 76.8 Å². The van der Waals surface area contributed by atoms with Gasteiger partial charge in [0.1, 0.15) is 5.75 Å². The van der Waals surface area contributed by atoms with Gasteiger partial charge in [0.15, 0.2) is 6.10 Å². The summed E-state index contributed by atoms with van der Waals surface area (Å²) in [4.78, 5) is 17.4. The number of methoxy groups -OCH3 is 1. The largest absolute Gasteiger partial charge is 0.497 e. The summed E-state index contributed by atoms with van der Waals surface area (Å²) in [5.41, 5.74) is 5.00. The van der Waals surface area contributed by atoms with Gasteiger partial charge in [-0.15, -0.1) is 0 Å². The van der Waals surface area contributed by atoms with Crippen molar-refractivity contribution in [1.82, 2.24) is 20.0 Å². The molecule has 1 aromatic heterocycles. The van der Waals surface area contributed by atoms with Crippen molar-refractivity contribution >= 4 is 11.6 Å². The number of rotatable bonds is 8. The van der Waals surface area contributed by atoms with E-state index < -0.39 is 18.8 Å². The highest BCUT2D eigenvalue weighted by Crippen LogP contribution is 2.35. The standard InChI is InChI=1S/C30H36F3N5O3/c1-18-5-6-23(37-15-24-7-8-25(16-37)38(24)17-28(39)30(31,32)33)12-27(18)29(40)35-19(2)20-9-21(11-26(10-20)41-4)22-13-34-36(3)14-22/h5-6,9-14,19,24-25,28,39H,7-8,15-17H2,1-4H3,(H,35,40)/t19-,24-,25+,28-/m1/s1. The molecule has 41 heavy (non-hydrogen) atoms. The predicted molar refractivity (Wildman–Crippen MR) is 150 cm³/mol. The Morgan fingerprint density at radius 2 is 1.85 bits per heavy atom. The molecule has 2 N–H and O–H groups in total. The van der Waals surface area contributed by atoms with E-state index in [9.17, 15) is 23.1 Å². The van der Waals surface area contributed by atoms with E-state index in [1.165, 1.54) is 0 Å². The molecule has 0 aliphatic carbocycles. The number of carbonyl (C=O) groups excluding carboxylic acids is 1. The highest BCUT2D eigenvalue weighted by atomic mass is 19.4. The summed E-state index contributed by atoms with van der Waals surface area (Å²) >= 11 is 0. The molecule has 8 nitrogen and oxygen atoms in total. The zero-order valence-electron chi connectivity index (χ0n) is 23.7. The molecule has 3 heterocycles. The van der Waals surface area contributed by atoms with Gasteiger partial charge in [-0.05, 0) is 73.7 Å². The molecule has 0 spiro atoms. The third-order valence-electron chi connectivity index (χ3n) is 8.28. The van der Waals surface area contributed by atoms with E-state index in [-0.39, 0.29) is 24.0 Å². The van der Waals surface area contributed by atoms with Crippen molar-refractivity contribution in [3.63, 3.8) is 0 Å². The highest BCUT2D eigenvalue weighted by Gasteiger charge is 2.46. The second-order valence-electron chi connectivity index (χ2n) is 11.1. The number of amides is 1. The quantitative estimate of drug-likeness (QED) is 0.415. The number of ether oxygens (including phenoxy) is 1. The van der Waals surface area contributed by atoms with Crippen LogP contribution in [0.3, 0.4) is 0 Å². The minimum atomic E-state index is -4.63. The van der Waals surface area contributed by atoms with E-state index >= 15 is 0 Å². The summed E-state index contributed by atoms with van der Waals surface area (Å²) in [6, 6.07) is 11.1. The molecule has 0 unspecified atom stereocenters. The Hall–Kier alpha value is -3.57. The van der Waals surface area contributed by atoms with Gasteiger partial charge < -0.3 is 20.1 Å². The number of nitrogens with zero attached hydrogens (tertiary/aromatic N) is 4. The molecular weight excluding hydrogens is 535 g/mol. The summed E-state index contributed by atoms with van der Waals surface area (Å²) in [5, 5.41) is 17.0. The SMILES string of the molecule is COc1cc(-c2cnn(C)c2)cc([C@@H](C)NC(=O)c2cc(N3C[C@H]4CC[C@@H](C3)N4C[C@@H](O)C(F)(F)F)ccc2C)c1. The molecule has 2 bridgehead atoms. The Bertz CT molecular complexity index is 1390. The van der Waals surface area contributed by atoms with Crippen LogP contribution >= 0.6 is 0 Å². The molecule has 5 rings (SSSR count). The molecule has 2 saturated heterocycles. The number of hydrogen-bond donors (Lipinski definition) is 2. The summed E-state index contributed by atoms with van der Waals surface area (Å²) < 4.78 is 46.2. The van der Waals surface area contributed by atoms with Crippen LogP contribution in [0, 0.1) is 6.92 Å². The number of aliphatic hydroxyl groups is 1. The molecule has 2 aliphatic rings. The van der Waals surface area contributed by atoms with Gasteiger partial charge in [-0.1, -0.05) is 6.07 Å². The van der Waals surface area contributed by atoms with Gasteiger partial charge in [0.2, 0.25) is 0 Å². The average Bonchev–Trinajstić information content (AvgIpc) is 3.46. The first kappa shape index (κ1) is 28.9. The normalized spacial score (nSPS) is 20.6. The van der Waals surface area contributed by atoms with Gasteiger partial charge in [-0.25, -0.2) is 0 Å². The monoisotopic (exact) mass is 571 g/mol. The molecule has 2 fully saturated rings. The minimum Gasteiger partial charge on any atom is -0.497 e. The number of nitrogens with one attached hydrogen (secondary N) is 1. The molecule has 1 amide bonds. The lowest BCUT2D eigenvalue weighted by Crippen LogP contribution is -2.57. The zero-order valence-corrected chi connectivity index (χ0v) is 23.7. The molecular formula is C30H36F3N5O3. The van der Waals surface area contributed by atoms with Crippen LogP contribution in [0.15, 0.2) is 48.8 Å². The first-order valence-corrected chi connectivity index (χ1v) is 13.8. The van der Waals surface area contributed by atoms with Crippen LogP contribution in [0.2, 0.25) is 0 Å². The minimum absolute atomic E-state index is 0.0774. The maximum atomic E-state index is 13.5. The fraction of sp³-hybridized carbons (Fsp3) is 0.467. The number of halogens is 3. The third kappa shape index (κ3) is 6.20. The topological polar surface area (TPSA) is 82.9 Å². The number of anilines is 1. The number of alkyl halides is 3. The second kappa shape index (κ2) is 11.4. The van der Waals surface area contributed by atoms with Crippen LogP contribution < -0.4 is 15.0 Å². The summed E-state index contributed by atoms with van der Waals surface area (Å²) in [5.74, 6) is 0.467. The van der Waals surface area contributed by atoms with E-state index in [0.29, 0.717) is 24.4 Å². The van der Waals surface area contributed by atoms with Crippen LogP contribution in [-0.2, 0) is 7.05 Å². The lowest BCUT2D eigenvalue weighted by Gasteiger charge is -2.43. The first-order valence-electron chi connectivity index (χ1n) is 13.8. The molecule has 0 radical (unpaired) electrons. The Labute approximate surface area is 237 Å². The van der Waals surface area contributed by atoms with Gasteiger partial charge >= 0.3 is 6.18 Å². The summed E-state index contributed by atoms with van der Waals surface area (Å²) in [6.07, 6.45) is -1.71. The number of piperazine rings is 1. The number of aliphatic hydroxyl groups excluding tert-OH is 1. The molecule has 2 aliphatic heterocycles. The van der Waals surface area contributed by atoms with Crippen molar-refractivity contribution in [2.24, 2.45) is 7.05 Å². The van der Waals surface area contributed by atoms with Crippen molar-refractivity contribution in [2.45, 2.75) is 57.1 Å². The first-order chi connectivity index (χ1) is 19.4. The molecule has 3 aromatic rings. The number of carbonyl (C=O) groups is 1. The fourth-order valence-corrected chi connectivity index (χ4v) is 5.94. The van der Waals surface area contributed by atoms with Crippen LogP contribution in [0.25, 0.3) is 11.1 Å². The van der Waals surface area contributed by atoms with Gasteiger partial charge in [-0.2, -0.15) is 18.3 Å². The number of benzene rings is 2. The third-order valence-corrected chi connectivity index (χ3v) is 8.28. The molecule has 2 aromatic carbocycles. The lowest BCUT2D eigenvalue weighted by atomic mass is 10.0. The van der Waals surface area contributed by atoms with Gasteiger partial charge in [0.25, 0.3) is 5.91 Å². The van der Waals surface area contributed by atoms with E-state index in [4.69, 9.17) is 4.74 Å². The second-order valence-corrected chi connectivity index (χ2v) is 11.1. The smallest absolute Gasteiger partial charge is 0.415 e. The average molecular weight is 572 g/mol. The fourth-order valence-electron chi connectivity index (χ4n) is 5.94. The maximum Gasteiger partial charge on any atom is 0.415 e. The molecule has 4 atom stereocenters. The van der Waals surface area contributed by atoms with Crippen LogP contribution in [0.1, 0.15) is 47.3 Å². The van der Waals surface area contributed by atoms with Gasteiger partial charge in [0.05, 0.1) is 19.3 Å². The lowest BCUT2D eigenvalue weighted by molar-refractivity contribution is -0.210. The van der Waals surface area contributed by atoms with E-state index in [1.807, 2.05) is 63.5 Å². The van der Waals surface area contributed by atoms with Crippen molar-refractivity contribution < 1.29 is 27.8 Å². The van der Waals surface area contributed by atoms with E-state index in [0.717, 1.165) is 40.8 Å². The summed E-state index contributed by atoms with van der Waals surface area (Å²) in [7, 11) is 3.46. The molecule has 0 saturated carbocycles. The van der Waals surface area contributed by atoms with E-state index in [1.54, 1.807) is 22.9 Å². The Kier molecular flexibility index (Phi) is 8.02.